The zero-order valence-electron chi connectivity index (χ0n) is 12.5. The lowest BCUT2D eigenvalue weighted by Gasteiger charge is -2.06. The van der Waals surface area contributed by atoms with Crippen LogP contribution >= 0.6 is 0 Å². The number of anilines is 1. The molecule has 0 spiro atoms. The summed E-state index contributed by atoms with van der Waals surface area (Å²) in [5.41, 5.74) is 0.858. The smallest absolute Gasteiger partial charge is 0.326 e. The van der Waals surface area contributed by atoms with E-state index in [1.807, 2.05) is 44.2 Å². The minimum absolute atomic E-state index is 0.0326. The normalized spacial score (nSPS) is 11.4. The van der Waals surface area contributed by atoms with Gasteiger partial charge >= 0.3 is 23.9 Å². The van der Waals surface area contributed by atoms with E-state index in [4.69, 9.17) is 0 Å². The Kier molecular flexibility index (Phi) is 7.62. The largest absolute Gasteiger partial charge is 0.458 e. The molecular weight excluding hydrogens is 344 g/mol. The van der Waals surface area contributed by atoms with E-state index in [0.717, 1.165) is 5.69 Å². The highest BCUT2D eigenvalue weighted by Gasteiger charge is 2.54. The Hall–Kier alpha value is -2.39. The summed E-state index contributed by atoms with van der Waals surface area (Å²) in [4.78, 5) is 30.4. The number of nitrogens with one attached hydrogen (secondary N) is 1. The first-order valence-corrected chi connectivity index (χ1v) is 6.35. The van der Waals surface area contributed by atoms with Crippen molar-refractivity contribution in [3.05, 3.63) is 30.3 Å². The van der Waals surface area contributed by atoms with Gasteiger partial charge in [0.05, 0.1) is 0 Å². The van der Waals surface area contributed by atoms with E-state index >= 15 is 0 Å². The molecule has 0 aromatic heterocycles. The van der Waals surface area contributed by atoms with E-state index < -0.39 is 23.9 Å². The first-order valence-electron chi connectivity index (χ1n) is 6.35. The number of Topliss-reactive ketones (excluding diaryl/α,β-unsaturated/α-hetero) is 2. The van der Waals surface area contributed by atoms with Crippen LogP contribution in [-0.2, 0) is 14.4 Å². The summed E-state index contributed by atoms with van der Waals surface area (Å²) in [6, 6.07) is 9.47. The zero-order valence-corrected chi connectivity index (χ0v) is 12.5. The average molecular weight is 357 g/mol. The maximum absolute atomic E-state index is 11.2. The second kappa shape index (κ2) is 8.46. The number of benzene rings is 1. The molecule has 1 aromatic carbocycles. The Balaban J connectivity index is 0.000000441. The Labute approximate surface area is 132 Å². The zero-order chi connectivity index (χ0) is 19.1. The molecule has 0 aliphatic heterocycles. The van der Waals surface area contributed by atoms with Gasteiger partial charge in [-0.15, -0.1) is 0 Å². The Morgan fingerprint density at radius 2 is 1.21 bits per heavy atom. The highest BCUT2D eigenvalue weighted by molar-refractivity contribution is 6.41. The standard InChI is InChI=1S/C10H13NO.C4F6O2/c1-8(2)10(12)11-9-6-4-3-5-7-9;5-3(6,7)1(11)2(12)4(8,9)10/h3-8H,1-2H3,(H,11,12);. The van der Waals surface area contributed by atoms with Crippen molar-refractivity contribution in [1.29, 1.82) is 0 Å². The van der Waals surface area contributed by atoms with E-state index in [1.54, 1.807) is 0 Å². The molecule has 0 aliphatic carbocycles. The number of halogens is 6. The van der Waals surface area contributed by atoms with Crippen LogP contribution in [0.15, 0.2) is 30.3 Å². The van der Waals surface area contributed by atoms with Crippen molar-refractivity contribution in [2.75, 3.05) is 5.32 Å². The molecule has 0 saturated carbocycles. The maximum atomic E-state index is 11.2. The second-order valence-corrected chi connectivity index (χ2v) is 4.66. The number of amides is 1. The van der Waals surface area contributed by atoms with Crippen LogP contribution in [0.25, 0.3) is 0 Å². The topological polar surface area (TPSA) is 63.2 Å². The van der Waals surface area contributed by atoms with Crippen molar-refractivity contribution in [1.82, 2.24) is 0 Å². The van der Waals surface area contributed by atoms with Gasteiger partial charge in [0.15, 0.2) is 0 Å². The van der Waals surface area contributed by atoms with Gasteiger partial charge in [-0.05, 0) is 12.1 Å². The number of ketones is 2. The lowest BCUT2D eigenvalue weighted by atomic mass is 10.2. The third-order valence-electron chi connectivity index (χ3n) is 2.29. The molecule has 10 heteroatoms. The van der Waals surface area contributed by atoms with Gasteiger partial charge in [0.25, 0.3) is 0 Å². The summed E-state index contributed by atoms with van der Waals surface area (Å²) in [7, 11) is 0. The molecule has 0 atom stereocenters. The number of carbonyl (C=O) groups is 3. The van der Waals surface area contributed by atoms with Gasteiger partial charge in [0.2, 0.25) is 5.91 Å². The SMILES string of the molecule is CC(C)C(=O)Nc1ccccc1.O=C(C(=O)C(F)(F)F)C(F)(F)F. The van der Waals surface area contributed by atoms with Gasteiger partial charge in [-0.3, -0.25) is 14.4 Å². The fourth-order valence-electron chi connectivity index (χ4n) is 1.07. The molecule has 24 heavy (non-hydrogen) atoms. The van der Waals surface area contributed by atoms with Gasteiger partial charge in [-0.1, -0.05) is 32.0 Å². The molecule has 0 fully saturated rings. The minimum atomic E-state index is -5.77. The van der Waals surface area contributed by atoms with Crippen LogP contribution in [0.2, 0.25) is 0 Å². The molecule has 0 aliphatic rings. The summed E-state index contributed by atoms with van der Waals surface area (Å²) in [5, 5.41) is 2.80. The molecule has 0 bridgehead atoms. The summed E-state index contributed by atoms with van der Waals surface area (Å²) in [6.07, 6.45) is -11.5. The number of hydrogen-bond acceptors (Lipinski definition) is 3. The van der Waals surface area contributed by atoms with Gasteiger partial charge in [-0.2, -0.15) is 26.3 Å². The van der Waals surface area contributed by atoms with Crippen LogP contribution in [0.5, 0.6) is 0 Å². The molecule has 0 heterocycles. The van der Waals surface area contributed by atoms with Crippen molar-refractivity contribution in [2.45, 2.75) is 26.2 Å². The predicted molar refractivity (Wildman–Crippen MR) is 72.0 cm³/mol. The molecule has 0 radical (unpaired) electrons. The summed E-state index contributed by atoms with van der Waals surface area (Å²) < 4.78 is 67.0. The lowest BCUT2D eigenvalue weighted by Crippen LogP contribution is -2.39. The molecule has 4 nitrogen and oxygen atoms in total. The average Bonchev–Trinajstić information content (AvgIpc) is 2.45. The molecule has 1 N–H and O–H groups in total. The van der Waals surface area contributed by atoms with E-state index in [9.17, 15) is 40.7 Å². The molecule has 0 saturated heterocycles. The lowest BCUT2D eigenvalue weighted by molar-refractivity contribution is -0.193. The van der Waals surface area contributed by atoms with Crippen LogP contribution in [0.4, 0.5) is 32.0 Å². The van der Waals surface area contributed by atoms with Gasteiger partial charge in [-0.25, -0.2) is 0 Å². The molecule has 1 aromatic rings. The summed E-state index contributed by atoms with van der Waals surface area (Å²) in [5.74, 6) is -6.73. The number of hydrogen-bond donors (Lipinski definition) is 1. The summed E-state index contributed by atoms with van der Waals surface area (Å²) >= 11 is 0. The Bertz CT molecular complexity index is 554. The third kappa shape index (κ3) is 7.75. The summed E-state index contributed by atoms with van der Waals surface area (Å²) in [6.45, 7) is 3.75. The first kappa shape index (κ1) is 21.6. The number of rotatable bonds is 3. The molecule has 134 valence electrons. The van der Waals surface area contributed by atoms with Crippen molar-refractivity contribution in [3.63, 3.8) is 0 Å². The Morgan fingerprint density at radius 1 is 0.833 bits per heavy atom. The van der Waals surface area contributed by atoms with E-state index in [2.05, 4.69) is 5.32 Å². The van der Waals surface area contributed by atoms with Gasteiger partial charge < -0.3 is 5.32 Å². The highest BCUT2D eigenvalue weighted by Crippen LogP contribution is 2.23. The number of carbonyl (C=O) groups excluding carboxylic acids is 3. The van der Waals surface area contributed by atoms with E-state index in [1.165, 1.54) is 0 Å². The molecule has 1 rings (SSSR count). The molecule has 0 unspecified atom stereocenters. The van der Waals surface area contributed by atoms with E-state index in [-0.39, 0.29) is 11.8 Å². The van der Waals surface area contributed by atoms with Crippen molar-refractivity contribution >= 4 is 23.2 Å². The third-order valence-corrected chi connectivity index (χ3v) is 2.29. The highest BCUT2D eigenvalue weighted by atomic mass is 19.4. The van der Waals surface area contributed by atoms with E-state index in [0.29, 0.717) is 0 Å². The minimum Gasteiger partial charge on any atom is -0.326 e. The van der Waals surface area contributed by atoms with Crippen molar-refractivity contribution < 1.29 is 40.7 Å². The van der Waals surface area contributed by atoms with Crippen LogP contribution in [-0.4, -0.2) is 29.8 Å². The Morgan fingerprint density at radius 3 is 1.50 bits per heavy atom. The van der Waals surface area contributed by atoms with Gasteiger partial charge in [0, 0.05) is 11.6 Å². The monoisotopic (exact) mass is 357 g/mol. The predicted octanol–water partition coefficient (Wildman–Crippen LogP) is 3.53. The molecular formula is C14H13F6NO3. The van der Waals surface area contributed by atoms with Crippen LogP contribution < -0.4 is 5.32 Å². The quantitative estimate of drug-likeness (QED) is 0.665. The van der Waals surface area contributed by atoms with Crippen molar-refractivity contribution in [2.24, 2.45) is 5.92 Å². The van der Waals surface area contributed by atoms with Crippen molar-refractivity contribution in [3.8, 4) is 0 Å². The first-order chi connectivity index (χ1) is 10.8. The van der Waals surface area contributed by atoms with Crippen LogP contribution in [0.1, 0.15) is 13.8 Å². The van der Waals surface area contributed by atoms with Crippen LogP contribution in [0.3, 0.4) is 0 Å². The van der Waals surface area contributed by atoms with Crippen LogP contribution in [0, 0.1) is 5.92 Å². The van der Waals surface area contributed by atoms with Gasteiger partial charge in [0.1, 0.15) is 0 Å². The molecule has 1 amide bonds. The number of para-hydroxylation sites is 1. The fraction of sp³-hybridized carbons (Fsp3) is 0.357. The maximum Gasteiger partial charge on any atom is 0.458 e. The second-order valence-electron chi connectivity index (χ2n) is 4.66. The number of alkyl halides is 6. The fourth-order valence-corrected chi connectivity index (χ4v) is 1.07.